The molecular weight excluding hydrogens is 300 g/mol. The van der Waals surface area contributed by atoms with Crippen LogP contribution >= 0.6 is 0 Å². The van der Waals surface area contributed by atoms with Crippen LogP contribution in [0.5, 0.6) is 0 Å². The largest absolute Gasteiger partial charge is 0.481 e. The minimum Gasteiger partial charge on any atom is -0.481 e. The van der Waals surface area contributed by atoms with E-state index in [1.54, 1.807) is 14.0 Å². The molecule has 132 valence electrons. The maximum Gasteiger partial charge on any atom is 0.317 e. The van der Waals surface area contributed by atoms with Gasteiger partial charge in [0.05, 0.1) is 12.5 Å². The van der Waals surface area contributed by atoms with Crippen LogP contribution in [0.3, 0.4) is 0 Å². The molecule has 2 unspecified atom stereocenters. The van der Waals surface area contributed by atoms with E-state index in [1.165, 1.54) is 4.90 Å². The lowest BCUT2D eigenvalue weighted by Crippen LogP contribution is -2.44. The van der Waals surface area contributed by atoms with Crippen molar-refractivity contribution in [3.63, 3.8) is 0 Å². The average molecular weight is 328 g/mol. The van der Waals surface area contributed by atoms with Crippen LogP contribution in [0.1, 0.15) is 39.5 Å². The Bertz CT molecular complexity index is 434. The Kier molecular flexibility index (Phi) is 5.86. The highest BCUT2D eigenvalue weighted by Crippen LogP contribution is 2.39. The van der Waals surface area contributed by atoms with Gasteiger partial charge in [-0.2, -0.15) is 0 Å². The highest BCUT2D eigenvalue weighted by molar-refractivity contribution is 5.75. The van der Waals surface area contributed by atoms with Crippen molar-refractivity contribution in [2.24, 2.45) is 11.8 Å². The molecule has 0 bridgehead atoms. The fourth-order valence-corrected chi connectivity index (χ4v) is 3.09. The Labute approximate surface area is 137 Å². The van der Waals surface area contributed by atoms with Crippen molar-refractivity contribution in [2.45, 2.75) is 51.4 Å². The molecule has 7 heteroatoms. The van der Waals surface area contributed by atoms with Crippen LogP contribution in [0.4, 0.5) is 4.79 Å². The lowest BCUT2D eigenvalue weighted by Gasteiger charge is -2.34. The van der Waals surface area contributed by atoms with Crippen LogP contribution in [-0.2, 0) is 14.3 Å². The quantitative estimate of drug-likeness (QED) is 0.801. The van der Waals surface area contributed by atoms with Crippen LogP contribution in [0.15, 0.2) is 0 Å². The number of urea groups is 1. The van der Waals surface area contributed by atoms with E-state index in [9.17, 15) is 9.59 Å². The molecule has 1 spiro atoms. The predicted molar refractivity (Wildman–Crippen MR) is 84.0 cm³/mol. The minimum atomic E-state index is -0.911. The number of hydrogen-bond donors (Lipinski definition) is 2. The van der Waals surface area contributed by atoms with Gasteiger partial charge in [-0.05, 0) is 18.8 Å². The number of nitrogens with one attached hydrogen (secondary N) is 1. The maximum atomic E-state index is 12.0. The van der Waals surface area contributed by atoms with E-state index in [-0.39, 0.29) is 18.7 Å². The molecule has 1 saturated heterocycles. The maximum absolute atomic E-state index is 12.0. The molecule has 2 aliphatic rings. The first-order valence-corrected chi connectivity index (χ1v) is 8.35. The zero-order chi connectivity index (χ0) is 17.0. The molecule has 2 amide bonds. The van der Waals surface area contributed by atoms with Gasteiger partial charge in [0.15, 0.2) is 5.79 Å². The van der Waals surface area contributed by atoms with Crippen molar-refractivity contribution in [3.05, 3.63) is 0 Å². The van der Waals surface area contributed by atoms with Crippen molar-refractivity contribution in [2.75, 3.05) is 26.7 Å². The van der Waals surface area contributed by atoms with Crippen LogP contribution < -0.4 is 5.32 Å². The number of rotatable bonds is 5. The van der Waals surface area contributed by atoms with Gasteiger partial charge in [0.2, 0.25) is 0 Å². The molecule has 0 aromatic rings. The summed E-state index contributed by atoms with van der Waals surface area (Å²) >= 11 is 0. The van der Waals surface area contributed by atoms with E-state index >= 15 is 0 Å². The van der Waals surface area contributed by atoms with Gasteiger partial charge in [0.1, 0.15) is 6.10 Å². The SMILES string of the molecule is CC1CCC2(CC1)OCC(CNC(=O)N(C)CC(C)C(=O)O)O2. The van der Waals surface area contributed by atoms with E-state index in [2.05, 4.69) is 12.2 Å². The van der Waals surface area contributed by atoms with Gasteiger partial charge in [-0.3, -0.25) is 4.79 Å². The molecule has 2 atom stereocenters. The van der Waals surface area contributed by atoms with Gasteiger partial charge in [-0.25, -0.2) is 4.79 Å². The molecule has 2 N–H and O–H groups in total. The third-order valence-corrected chi connectivity index (χ3v) is 4.75. The number of ether oxygens (including phenoxy) is 2. The summed E-state index contributed by atoms with van der Waals surface area (Å²) in [5.74, 6) is -1.24. The minimum absolute atomic E-state index is 0.141. The molecule has 23 heavy (non-hydrogen) atoms. The Hall–Kier alpha value is -1.34. The summed E-state index contributed by atoms with van der Waals surface area (Å²) in [5, 5.41) is 11.7. The monoisotopic (exact) mass is 328 g/mol. The number of amides is 2. The van der Waals surface area contributed by atoms with Crippen LogP contribution in [0, 0.1) is 11.8 Å². The van der Waals surface area contributed by atoms with Gasteiger partial charge < -0.3 is 24.8 Å². The highest BCUT2D eigenvalue weighted by Gasteiger charge is 2.43. The van der Waals surface area contributed by atoms with Crippen LogP contribution in [0.25, 0.3) is 0 Å². The summed E-state index contributed by atoms with van der Waals surface area (Å²) in [5.41, 5.74) is 0. The lowest BCUT2D eigenvalue weighted by molar-refractivity contribution is -0.191. The molecule has 1 aliphatic carbocycles. The standard InChI is InChI=1S/C16H28N2O5/c1-11-4-6-16(7-5-11)22-10-13(23-16)8-17-15(21)18(3)9-12(2)14(19)20/h11-13H,4-10H2,1-3H3,(H,17,21)(H,19,20). The number of carbonyl (C=O) groups excluding carboxylic acids is 1. The first-order chi connectivity index (χ1) is 10.8. The molecule has 2 rings (SSSR count). The summed E-state index contributed by atoms with van der Waals surface area (Å²) in [6.07, 6.45) is 3.89. The summed E-state index contributed by atoms with van der Waals surface area (Å²) < 4.78 is 11.9. The van der Waals surface area contributed by atoms with E-state index in [4.69, 9.17) is 14.6 Å². The Morgan fingerprint density at radius 1 is 1.39 bits per heavy atom. The van der Waals surface area contributed by atoms with Gasteiger partial charge in [0.25, 0.3) is 0 Å². The number of carbonyl (C=O) groups is 2. The number of nitrogens with zero attached hydrogens (tertiary/aromatic N) is 1. The first kappa shape index (κ1) is 18.0. The lowest BCUT2D eigenvalue weighted by atomic mass is 9.86. The second kappa shape index (κ2) is 7.49. The number of aliphatic carboxylic acids is 1. The first-order valence-electron chi connectivity index (χ1n) is 8.35. The van der Waals surface area contributed by atoms with Gasteiger partial charge in [-0.15, -0.1) is 0 Å². The van der Waals surface area contributed by atoms with E-state index in [1.807, 2.05) is 0 Å². The van der Waals surface area contributed by atoms with Gasteiger partial charge in [-0.1, -0.05) is 13.8 Å². The molecule has 7 nitrogen and oxygen atoms in total. The average Bonchev–Trinajstić information content (AvgIpc) is 2.91. The molecular formula is C16H28N2O5. The van der Waals surface area contributed by atoms with Crippen molar-refractivity contribution in [1.29, 1.82) is 0 Å². The Morgan fingerprint density at radius 2 is 2.04 bits per heavy atom. The van der Waals surface area contributed by atoms with Crippen molar-refractivity contribution in [1.82, 2.24) is 10.2 Å². The summed E-state index contributed by atoms with van der Waals surface area (Å²) in [6.45, 7) is 4.86. The van der Waals surface area contributed by atoms with Gasteiger partial charge >= 0.3 is 12.0 Å². The Morgan fingerprint density at radius 3 is 2.65 bits per heavy atom. The Balaban J connectivity index is 1.72. The molecule has 0 aromatic carbocycles. The molecule has 1 saturated carbocycles. The van der Waals surface area contributed by atoms with E-state index < -0.39 is 17.7 Å². The third kappa shape index (κ3) is 4.81. The van der Waals surface area contributed by atoms with Crippen LogP contribution in [-0.4, -0.2) is 60.6 Å². The molecule has 2 fully saturated rings. The summed E-state index contributed by atoms with van der Waals surface area (Å²) in [7, 11) is 1.59. The zero-order valence-corrected chi connectivity index (χ0v) is 14.2. The predicted octanol–water partition coefficient (Wildman–Crippen LogP) is 1.67. The molecule has 0 radical (unpaired) electrons. The smallest absolute Gasteiger partial charge is 0.317 e. The fourth-order valence-electron chi connectivity index (χ4n) is 3.09. The highest BCUT2D eigenvalue weighted by atomic mass is 16.7. The third-order valence-electron chi connectivity index (χ3n) is 4.75. The second-order valence-corrected chi connectivity index (χ2v) is 6.95. The zero-order valence-electron chi connectivity index (χ0n) is 14.2. The number of carboxylic acids is 1. The summed E-state index contributed by atoms with van der Waals surface area (Å²) in [6, 6.07) is -0.292. The second-order valence-electron chi connectivity index (χ2n) is 6.95. The van der Waals surface area contributed by atoms with Crippen molar-refractivity contribution in [3.8, 4) is 0 Å². The molecule has 0 aromatic heterocycles. The van der Waals surface area contributed by atoms with Crippen molar-refractivity contribution >= 4 is 12.0 Å². The van der Waals surface area contributed by atoms with Crippen molar-refractivity contribution < 1.29 is 24.2 Å². The molecule has 1 heterocycles. The summed E-state index contributed by atoms with van der Waals surface area (Å²) in [4.78, 5) is 24.2. The van der Waals surface area contributed by atoms with E-state index in [0.717, 1.165) is 31.6 Å². The topological polar surface area (TPSA) is 88.1 Å². The number of hydrogen-bond acceptors (Lipinski definition) is 4. The van der Waals surface area contributed by atoms with Gasteiger partial charge in [0, 0.05) is 33.0 Å². The molecule has 1 aliphatic heterocycles. The van der Waals surface area contributed by atoms with E-state index in [0.29, 0.717) is 13.2 Å². The fraction of sp³-hybridized carbons (Fsp3) is 0.875. The van der Waals surface area contributed by atoms with Crippen LogP contribution in [0.2, 0.25) is 0 Å². The number of carboxylic acid groups (broad SMARTS) is 1. The normalized spacial score (nSPS) is 31.8.